The number of carbonyl (C=O) groups is 2. The molecule has 0 bridgehead atoms. The maximum Gasteiger partial charge on any atom is 0.338 e. The van der Waals surface area contributed by atoms with Crippen LogP contribution in [0.25, 0.3) is 5.65 Å². The second-order valence-electron chi connectivity index (χ2n) is 7.70. The maximum atomic E-state index is 12.7. The fourth-order valence-corrected chi connectivity index (χ4v) is 3.35. The molecule has 0 aliphatic carbocycles. The van der Waals surface area contributed by atoms with Gasteiger partial charge in [0.2, 0.25) is 0 Å². The van der Waals surface area contributed by atoms with Gasteiger partial charge in [-0.2, -0.15) is 0 Å². The number of hydrogen-bond donors (Lipinski definition) is 1. The van der Waals surface area contributed by atoms with Gasteiger partial charge in [0.1, 0.15) is 18.1 Å². The van der Waals surface area contributed by atoms with Crippen molar-refractivity contribution in [2.45, 2.75) is 33.5 Å². The Labute approximate surface area is 194 Å². The van der Waals surface area contributed by atoms with Gasteiger partial charge in [0.05, 0.1) is 11.3 Å². The minimum absolute atomic E-state index is 0.188. The molecule has 4 rings (SSSR count). The Morgan fingerprint density at radius 1 is 1.09 bits per heavy atom. The van der Waals surface area contributed by atoms with Gasteiger partial charge in [-0.3, -0.25) is 9.59 Å². The smallest absolute Gasteiger partial charge is 0.338 e. The lowest BCUT2D eigenvalue weighted by Gasteiger charge is -2.16. The third-order valence-electron chi connectivity index (χ3n) is 5.11. The Morgan fingerprint density at radius 3 is 2.62 bits per heavy atom. The van der Waals surface area contributed by atoms with E-state index in [4.69, 9.17) is 14.0 Å². The van der Waals surface area contributed by atoms with Crippen LogP contribution in [0.2, 0.25) is 0 Å². The number of nitrogens with one attached hydrogen (secondary N) is 1. The molecule has 4 aromatic rings. The van der Waals surface area contributed by atoms with E-state index < -0.39 is 17.6 Å². The fourth-order valence-electron chi connectivity index (χ4n) is 3.35. The number of ether oxygens (including phenoxy) is 2. The van der Waals surface area contributed by atoms with Crippen molar-refractivity contribution in [3.05, 3.63) is 93.6 Å². The normalized spacial score (nSPS) is 11.7. The highest BCUT2D eigenvalue weighted by Gasteiger charge is 2.19. The molecule has 2 aromatic heterocycles. The zero-order valence-electron chi connectivity index (χ0n) is 18.9. The zero-order valence-corrected chi connectivity index (χ0v) is 18.9. The molecule has 0 spiro atoms. The first kappa shape index (κ1) is 22.8. The van der Waals surface area contributed by atoms with E-state index in [0.29, 0.717) is 34.1 Å². The van der Waals surface area contributed by atoms with Crippen LogP contribution in [0.4, 0.5) is 5.69 Å². The van der Waals surface area contributed by atoms with Gasteiger partial charge in [0, 0.05) is 17.8 Å². The number of rotatable bonds is 7. The van der Waals surface area contributed by atoms with Crippen LogP contribution in [0.1, 0.15) is 34.3 Å². The van der Waals surface area contributed by atoms with Crippen molar-refractivity contribution in [1.29, 1.82) is 0 Å². The standard InChI is InChI=1S/C25H23N3O6/c1-15-12-22-26-18(13-23(29)28(22)34-15)14-32-25(31)20-10-7-11-21(16(20)2)27-24(30)17(3)33-19-8-5-4-6-9-19/h4-13,17H,14H2,1-3H3,(H,27,30). The monoisotopic (exact) mass is 461 g/mol. The third-order valence-corrected chi connectivity index (χ3v) is 5.11. The number of aromatic nitrogens is 2. The van der Waals surface area contributed by atoms with E-state index in [-0.39, 0.29) is 18.1 Å². The van der Waals surface area contributed by atoms with Crippen LogP contribution in [-0.2, 0) is 16.1 Å². The van der Waals surface area contributed by atoms with Crippen LogP contribution >= 0.6 is 0 Å². The molecule has 1 atom stereocenters. The van der Waals surface area contributed by atoms with Crippen LogP contribution in [0.15, 0.2) is 70.0 Å². The number of hydrogen-bond acceptors (Lipinski definition) is 7. The summed E-state index contributed by atoms with van der Waals surface area (Å²) in [7, 11) is 0. The molecule has 1 unspecified atom stereocenters. The van der Waals surface area contributed by atoms with Gasteiger partial charge in [0.15, 0.2) is 11.8 Å². The Kier molecular flexibility index (Phi) is 6.44. The van der Waals surface area contributed by atoms with Crippen molar-refractivity contribution in [2.24, 2.45) is 0 Å². The second-order valence-corrected chi connectivity index (χ2v) is 7.70. The number of para-hydroxylation sites is 1. The molecule has 174 valence electrons. The molecule has 0 aliphatic heterocycles. The molecule has 0 fully saturated rings. The highest BCUT2D eigenvalue weighted by Crippen LogP contribution is 2.21. The number of amides is 1. The van der Waals surface area contributed by atoms with E-state index in [2.05, 4.69) is 10.3 Å². The van der Waals surface area contributed by atoms with Crippen molar-refractivity contribution >= 4 is 23.2 Å². The molecule has 0 radical (unpaired) electrons. The first-order valence-electron chi connectivity index (χ1n) is 10.6. The minimum atomic E-state index is -0.746. The van der Waals surface area contributed by atoms with Crippen LogP contribution in [0.3, 0.4) is 0 Å². The van der Waals surface area contributed by atoms with Gasteiger partial charge >= 0.3 is 5.97 Å². The molecule has 0 saturated heterocycles. The lowest BCUT2D eigenvalue weighted by atomic mass is 10.1. The van der Waals surface area contributed by atoms with Crippen molar-refractivity contribution in [1.82, 2.24) is 9.56 Å². The lowest BCUT2D eigenvalue weighted by molar-refractivity contribution is -0.122. The van der Waals surface area contributed by atoms with E-state index in [1.807, 2.05) is 18.2 Å². The average molecular weight is 461 g/mol. The van der Waals surface area contributed by atoms with E-state index in [9.17, 15) is 14.4 Å². The fraction of sp³-hybridized carbons (Fsp3) is 0.200. The zero-order chi connectivity index (χ0) is 24.2. The summed E-state index contributed by atoms with van der Waals surface area (Å²) < 4.78 is 17.3. The lowest BCUT2D eigenvalue weighted by Crippen LogP contribution is -2.30. The van der Waals surface area contributed by atoms with E-state index in [0.717, 1.165) is 4.57 Å². The molecule has 1 amide bonds. The van der Waals surface area contributed by atoms with Crippen LogP contribution < -0.4 is 15.6 Å². The third kappa shape index (κ3) is 4.98. The number of anilines is 1. The van der Waals surface area contributed by atoms with Crippen molar-refractivity contribution < 1.29 is 23.6 Å². The summed E-state index contributed by atoms with van der Waals surface area (Å²) in [5, 5.41) is 2.79. The molecular weight excluding hydrogens is 438 g/mol. The molecule has 34 heavy (non-hydrogen) atoms. The Morgan fingerprint density at radius 2 is 1.85 bits per heavy atom. The summed E-state index contributed by atoms with van der Waals surface area (Å²) in [6.45, 7) is 4.87. The molecule has 1 N–H and O–H groups in total. The molecule has 2 aromatic carbocycles. The minimum Gasteiger partial charge on any atom is -0.481 e. The summed E-state index contributed by atoms with van der Waals surface area (Å²) in [5.74, 6) is 0.159. The highest BCUT2D eigenvalue weighted by molar-refractivity contribution is 5.98. The molecule has 2 heterocycles. The van der Waals surface area contributed by atoms with Gasteiger partial charge in [-0.15, -0.1) is 4.57 Å². The van der Waals surface area contributed by atoms with Gasteiger partial charge in [-0.1, -0.05) is 24.3 Å². The number of benzene rings is 2. The first-order valence-corrected chi connectivity index (χ1v) is 10.6. The van der Waals surface area contributed by atoms with Gasteiger partial charge in [0.25, 0.3) is 11.5 Å². The molecule has 0 aliphatic rings. The van der Waals surface area contributed by atoms with Crippen molar-refractivity contribution in [2.75, 3.05) is 5.32 Å². The summed E-state index contributed by atoms with van der Waals surface area (Å²) in [6, 6.07) is 16.8. The quantitative estimate of drug-likeness (QED) is 0.418. The summed E-state index contributed by atoms with van der Waals surface area (Å²) in [4.78, 5) is 41.7. The summed E-state index contributed by atoms with van der Waals surface area (Å²) in [5.41, 5.74) is 1.52. The Bertz CT molecular complexity index is 1410. The first-order chi connectivity index (χ1) is 16.3. The van der Waals surface area contributed by atoms with Crippen LogP contribution in [-0.4, -0.2) is 27.5 Å². The highest BCUT2D eigenvalue weighted by atomic mass is 16.5. The van der Waals surface area contributed by atoms with Crippen molar-refractivity contribution in [3.63, 3.8) is 0 Å². The van der Waals surface area contributed by atoms with Gasteiger partial charge < -0.3 is 19.3 Å². The topological polar surface area (TPSA) is 112 Å². The van der Waals surface area contributed by atoms with Gasteiger partial charge in [-0.25, -0.2) is 9.78 Å². The number of nitrogens with zero attached hydrogens (tertiary/aromatic N) is 2. The SMILES string of the molecule is Cc1cc2nc(COC(=O)c3cccc(NC(=O)C(C)Oc4ccccc4)c3C)cc(=O)n2o1. The largest absolute Gasteiger partial charge is 0.481 e. The summed E-state index contributed by atoms with van der Waals surface area (Å²) in [6.07, 6.45) is -0.746. The number of esters is 1. The predicted molar refractivity (Wildman–Crippen MR) is 124 cm³/mol. The van der Waals surface area contributed by atoms with Gasteiger partial charge in [-0.05, 0) is 50.6 Å². The second kappa shape index (κ2) is 9.62. The number of fused-ring (bicyclic) bond motifs is 1. The van der Waals surface area contributed by atoms with Crippen molar-refractivity contribution in [3.8, 4) is 5.75 Å². The average Bonchev–Trinajstić information content (AvgIpc) is 3.20. The van der Waals surface area contributed by atoms with E-state index >= 15 is 0 Å². The Balaban J connectivity index is 1.43. The number of aryl methyl sites for hydroxylation is 1. The summed E-state index contributed by atoms with van der Waals surface area (Å²) >= 11 is 0. The molecule has 9 nitrogen and oxygen atoms in total. The Hall–Kier alpha value is -4.40. The van der Waals surface area contributed by atoms with E-state index in [1.165, 1.54) is 6.07 Å². The van der Waals surface area contributed by atoms with Crippen LogP contribution in [0, 0.1) is 13.8 Å². The molecule has 9 heteroatoms. The molecule has 0 saturated carbocycles. The number of carbonyl (C=O) groups excluding carboxylic acids is 2. The van der Waals surface area contributed by atoms with Crippen LogP contribution in [0.5, 0.6) is 5.75 Å². The van der Waals surface area contributed by atoms with E-state index in [1.54, 1.807) is 57.2 Å². The molecular formula is C25H23N3O6. The maximum absolute atomic E-state index is 12.7. The predicted octanol–water partition coefficient (Wildman–Crippen LogP) is 3.67.